The molecular formula is C26H35N5O5. The van der Waals surface area contributed by atoms with Crippen LogP contribution >= 0.6 is 0 Å². The Labute approximate surface area is 211 Å². The van der Waals surface area contributed by atoms with Gasteiger partial charge in [0.05, 0.1) is 6.04 Å². The fourth-order valence-electron chi connectivity index (χ4n) is 5.28. The van der Waals surface area contributed by atoms with Crippen LogP contribution in [0.4, 0.5) is 9.59 Å². The van der Waals surface area contributed by atoms with Gasteiger partial charge in [-0.15, -0.1) is 10.2 Å². The van der Waals surface area contributed by atoms with Crippen LogP contribution in [-0.4, -0.2) is 56.5 Å². The number of rotatable bonds is 6. The second-order valence-electron chi connectivity index (χ2n) is 10.9. The number of hydrogen-bond acceptors (Lipinski definition) is 7. The number of ether oxygens (including phenoxy) is 1. The predicted octanol–water partition coefficient (Wildman–Crippen LogP) is 4.69. The summed E-state index contributed by atoms with van der Waals surface area (Å²) in [6, 6.07) is 9.58. The minimum absolute atomic E-state index is 0.0348. The molecule has 10 heteroatoms. The van der Waals surface area contributed by atoms with Gasteiger partial charge in [-0.05, 0) is 64.9 Å². The van der Waals surface area contributed by atoms with E-state index >= 15 is 0 Å². The maximum Gasteiger partial charge on any atom is 0.407 e. The van der Waals surface area contributed by atoms with E-state index in [-0.39, 0.29) is 36.2 Å². The van der Waals surface area contributed by atoms with Gasteiger partial charge in [0.2, 0.25) is 11.8 Å². The molecule has 1 aliphatic carbocycles. The van der Waals surface area contributed by atoms with E-state index in [4.69, 9.17) is 14.0 Å². The van der Waals surface area contributed by atoms with Crippen molar-refractivity contribution in [2.75, 3.05) is 6.54 Å². The number of nitrogens with zero attached hydrogens (tertiary/aromatic N) is 4. The normalized spacial score (nSPS) is 26.2. The summed E-state index contributed by atoms with van der Waals surface area (Å²) in [5, 5.41) is 13.2. The van der Waals surface area contributed by atoms with E-state index in [0.717, 1.165) is 44.1 Å². The quantitative estimate of drug-likeness (QED) is 0.616. The number of fused-ring (bicyclic) bond motifs is 2. The highest BCUT2D eigenvalue weighted by Gasteiger charge is 2.48. The number of hydroxylamine groups is 2. The van der Waals surface area contributed by atoms with Gasteiger partial charge in [-0.3, -0.25) is 4.84 Å². The molecule has 2 aromatic rings. The minimum atomic E-state index is -0.512. The topological polar surface area (TPSA) is 110 Å². The molecular weight excluding hydrogens is 462 g/mol. The number of nitrogens with one attached hydrogen (secondary N) is 1. The minimum Gasteiger partial charge on any atom is -0.444 e. The Balaban J connectivity index is 1.15. The van der Waals surface area contributed by atoms with Gasteiger partial charge in [-0.25, -0.2) is 9.59 Å². The number of urea groups is 1. The highest BCUT2D eigenvalue weighted by atomic mass is 16.7. The molecule has 10 nitrogen and oxygen atoms in total. The van der Waals surface area contributed by atoms with Crippen molar-refractivity contribution < 1.29 is 23.6 Å². The SMILES string of the molecule is CC(C)(C)OC(=O)N[C@H]1CC[C@H](c2nnc([C@@H]3CCC4CN3C(=O)N4OCc3ccccc3)o2)CC1. The highest BCUT2D eigenvalue weighted by molar-refractivity contribution is 5.77. The molecule has 1 unspecified atom stereocenters. The van der Waals surface area contributed by atoms with Crippen LogP contribution in [0.25, 0.3) is 0 Å². The molecule has 2 bridgehead atoms. The standard InChI is InChI=1S/C26H35N5O5/c1-26(2,3)36-24(32)27-19-11-9-18(10-12-19)22-28-29-23(35-22)21-14-13-20-15-30(21)25(33)31(20)34-16-17-7-5-4-6-8-17/h4-8,18-21H,9-16H2,1-3H3,(H,27,32)/t18-,19-,20?,21-/m0/s1. The average Bonchev–Trinajstić information content (AvgIpc) is 3.42. The third kappa shape index (κ3) is 5.48. The van der Waals surface area contributed by atoms with Crippen LogP contribution in [0.2, 0.25) is 0 Å². The van der Waals surface area contributed by atoms with E-state index in [2.05, 4.69) is 15.5 Å². The van der Waals surface area contributed by atoms with Crippen LogP contribution in [0.5, 0.6) is 0 Å². The molecule has 2 saturated heterocycles. The van der Waals surface area contributed by atoms with Gasteiger partial charge >= 0.3 is 12.1 Å². The third-order valence-electron chi connectivity index (χ3n) is 7.07. The number of alkyl carbamates (subject to hydrolysis) is 1. The maximum absolute atomic E-state index is 13.1. The van der Waals surface area contributed by atoms with Crippen molar-refractivity contribution in [3.8, 4) is 0 Å². The number of piperidine rings is 1. The molecule has 0 radical (unpaired) electrons. The lowest BCUT2D eigenvalue weighted by molar-refractivity contribution is -0.140. The van der Waals surface area contributed by atoms with Gasteiger partial charge in [-0.2, -0.15) is 5.06 Å². The molecule has 1 aromatic carbocycles. The first-order valence-electron chi connectivity index (χ1n) is 12.9. The van der Waals surface area contributed by atoms with Crippen molar-refractivity contribution in [1.82, 2.24) is 25.5 Å². The van der Waals surface area contributed by atoms with Gasteiger partial charge in [0.1, 0.15) is 18.2 Å². The molecule has 1 N–H and O–H groups in total. The van der Waals surface area contributed by atoms with Crippen LogP contribution < -0.4 is 5.32 Å². The number of carbonyl (C=O) groups excluding carboxylic acids is 2. The first kappa shape index (κ1) is 24.5. The van der Waals surface area contributed by atoms with Crippen molar-refractivity contribution >= 4 is 12.1 Å². The Kier molecular flexibility index (Phi) is 6.87. The van der Waals surface area contributed by atoms with Gasteiger partial charge in [-0.1, -0.05) is 30.3 Å². The smallest absolute Gasteiger partial charge is 0.407 e. The van der Waals surface area contributed by atoms with E-state index in [9.17, 15) is 9.59 Å². The molecule has 3 fully saturated rings. The second-order valence-corrected chi connectivity index (χ2v) is 10.9. The third-order valence-corrected chi connectivity index (χ3v) is 7.07. The van der Waals surface area contributed by atoms with Crippen molar-refractivity contribution in [1.29, 1.82) is 0 Å². The van der Waals surface area contributed by atoms with Gasteiger partial charge in [0.25, 0.3) is 0 Å². The summed E-state index contributed by atoms with van der Waals surface area (Å²) in [6.07, 6.45) is 4.54. The molecule has 1 saturated carbocycles. The fraction of sp³-hybridized carbons (Fsp3) is 0.615. The van der Waals surface area contributed by atoms with Gasteiger partial charge in [0.15, 0.2) is 0 Å². The largest absolute Gasteiger partial charge is 0.444 e. The van der Waals surface area contributed by atoms with Crippen LogP contribution in [0.3, 0.4) is 0 Å². The fourth-order valence-corrected chi connectivity index (χ4v) is 5.28. The highest BCUT2D eigenvalue weighted by Crippen LogP contribution is 2.39. The predicted molar refractivity (Wildman–Crippen MR) is 130 cm³/mol. The first-order valence-corrected chi connectivity index (χ1v) is 12.9. The van der Waals surface area contributed by atoms with Crippen molar-refractivity contribution in [2.45, 2.75) is 95.5 Å². The van der Waals surface area contributed by atoms with E-state index in [1.165, 1.54) is 5.06 Å². The first-order chi connectivity index (χ1) is 17.3. The molecule has 3 amide bonds. The summed E-state index contributed by atoms with van der Waals surface area (Å²) in [5.41, 5.74) is 0.512. The average molecular weight is 498 g/mol. The number of benzene rings is 1. The van der Waals surface area contributed by atoms with Gasteiger partial charge < -0.3 is 19.4 Å². The molecule has 36 heavy (non-hydrogen) atoms. The van der Waals surface area contributed by atoms with E-state index in [1.54, 1.807) is 4.90 Å². The Morgan fingerprint density at radius 2 is 1.78 bits per heavy atom. The van der Waals surface area contributed by atoms with E-state index in [1.807, 2.05) is 51.1 Å². The van der Waals surface area contributed by atoms with Crippen LogP contribution in [0.1, 0.15) is 88.6 Å². The van der Waals surface area contributed by atoms with Crippen LogP contribution in [0.15, 0.2) is 34.7 Å². The number of carbonyl (C=O) groups is 2. The summed E-state index contributed by atoms with van der Waals surface area (Å²) < 4.78 is 11.5. The number of amides is 3. The Hall–Kier alpha value is -3.14. The van der Waals surface area contributed by atoms with Crippen LogP contribution in [-0.2, 0) is 16.2 Å². The molecule has 2 aliphatic heterocycles. The lowest BCUT2D eigenvalue weighted by Gasteiger charge is -2.29. The Bertz CT molecular complexity index is 1060. The van der Waals surface area contributed by atoms with Crippen molar-refractivity contribution in [3.63, 3.8) is 0 Å². The number of aromatic nitrogens is 2. The summed E-state index contributed by atoms with van der Waals surface area (Å²) >= 11 is 0. The van der Waals surface area contributed by atoms with Gasteiger partial charge in [0, 0.05) is 18.5 Å². The second kappa shape index (κ2) is 10.1. The van der Waals surface area contributed by atoms with Crippen molar-refractivity contribution in [2.24, 2.45) is 0 Å². The summed E-state index contributed by atoms with van der Waals surface area (Å²) in [4.78, 5) is 32.9. The zero-order valence-corrected chi connectivity index (χ0v) is 21.2. The molecule has 2 atom stereocenters. The molecule has 3 aliphatic rings. The molecule has 194 valence electrons. The molecule has 3 heterocycles. The molecule has 1 aromatic heterocycles. The van der Waals surface area contributed by atoms with E-state index in [0.29, 0.717) is 24.9 Å². The lowest BCUT2D eigenvalue weighted by Crippen LogP contribution is -2.40. The maximum atomic E-state index is 13.1. The summed E-state index contributed by atoms with van der Waals surface area (Å²) in [7, 11) is 0. The zero-order valence-electron chi connectivity index (χ0n) is 21.2. The number of hydrogen-bond donors (Lipinski definition) is 1. The van der Waals surface area contributed by atoms with E-state index < -0.39 is 5.60 Å². The summed E-state index contributed by atoms with van der Waals surface area (Å²) in [5.74, 6) is 1.27. The monoisotopic (exact) mass is 497 g/mol. The summed E-state index contributed by atoms with van der Waals surface area (Å²) in [6.45, 7) is 6.52. The zero-order chi connectivity index (χ0) is 25.3. The van der Waals surface area contributed by atoms with Crippen LogP contribution in [0, 0.1) is 0 Å². The lowest BCUT2D eigenvalue weighted by atomic mass is 9.86. The Morgan fingerprint density at radius 3 is 2.50 bits per heavy atom. The molecule has 0 spiro atoms. The Morgan fingerprint density at radius 1 is 1.06 bits per heavy atom. The van der Waals surface area contributed by atoms with Crippen molar-refractivity contribution in [3.05, 3.63) is 47.7 Å². The molecule has 5 rings (SSSR count).